The average Bonchev–Trinajstić information content (AvgIpc) is 2.55. The van der Waals surface area contributed by atoms with Crippen molar-refractivity contribution in [3.05, 3.63) is 60.4 Å². The molecule has 0 unspecified atom stereocenters. The highest BCUT2D eigenvalue weighted by atomic mass is 19.4. The summed E-state index contributed by atoms with van der Waals surface area (Å²) in [6.45, 7) is 0. The van der Waals surface area contributed by atoms with Crippen LogP contribution in [0.4, 0.5) is 13.2 Å². The van der Waals surface area contributed by atoms with Crippen LogP contribution < -0.4 is 0 Å². The highest BCUT2D eigenvalue weighted by molar-refractivity contribution is 5.63. The van der Waals surface area contributed by atoms with Crippen molar-refractivity contribution >= 4 is 0 Å². The molecule has 0 aliphatic heterocycles. The third kappa shape index (κ3) is 2.78. The van der Waals surface area contributed by atoms with Gasteiger partial charge in [0.15, 0.2) is 0 Å². The molecule has 7 heteroatoms. The quantitative estimate of drug-likeness (QED) is 0.725. The molecule has 3 heterocycles. The topological polar surface area (TPSA) is 51.6 Å². The van der Waals surface area contributed by atoms with E-state index in [0.29, 0.717) is 5.69 Å². The van der Waals surface area contributed by atoms with E-state index in [4.69, 9.17) is 0 Å². The first-order valence-electron chi connectivity index (χ1n) is 6.33. The lowest BCUT2D eigenvalue weighted by Gasteiger charge is -2.12. The molecule has 0 atom stereocenters. The Morgan fingerprint density at radius 3 is 1.91 bits per heavy atom. The molecule has 3 rings (SSSR count). The van der Waals surface area contributed by atoms with Gasteiger partial charge in [-0.15, -0.1) is 10.2 Å². The van der Waals surface area contributed by atoms with Crippen LogP contribution in [0.2, 0.25) is 0 Å². The molecule has 0 N–H and O–H groups in total. The van der Waals surface area contributed by atoms with Crippen molar-refractivity contribution in [1.29, 1.82) is 0 Å². The van der Waals surface area contributed by atoms with Crippen molar-refractivity contribution < 1.29 is 13.2 Å². The van der Waals surface area contributed by atoms with E-state index >= 15 is 0 Å². The molecular formula is C15H9F3N4. The molecule has 0 fully saturated rings. The molecule has 4 nitrogen and oxygen atoms in total. The minimum atomic E-state index is -4.56. The molecule has 22 heavy (non-hydrogen) atoms. The summed E-state index contributed by atoms with van der Waals surface area (Å²) in [5, 5.41) is 7.57. The summed E-state index contributed by atoms with van der Waals surface area (Å²) >= 11 is 0. The summed E-state index contributed by atoms with van der Waals surface area (Å²) < 4.78 is 39.9. The van der Waals surface area contributed by atoms with Crippen LogP contribution in [0.5, 0.6) is 0 Å². The number of hydrogen-bond donors (Lipinski definition) is 0. The van der Waals surface area contributed by atoms with Gasteiger partial charge in [0, 0.05) is 12.4 Å². The van der Waals surface area contributed by atoms with Gasteiger partial charge in [-0.3, -0.25) is 9.97 Å². The molecule has 0 saturated carbocycles. The van der Waals surface area contributed by atoms with Crippen LogP contribution in [0.15, 0.2) is 54.9 Å². The highest BCUT2D eigenvalue weighted by Crippen LogP contribution is 2.36. The maximum absolute atomic E-state index is 13.3. The third-order valence-electron chi connectivity index (χ3n) is 2.93. The Balaban J connectivity index is 2.17. The van der Waals surface area contributed by atoms with E-state index in [-0.39, 0.29) is 17.1 Å². The predicted octanol–water partition coefficient (Wildman–Crippen LogP) is 3.62. The van der Waals surface area contributed by atoms with Crippen LogP contribution >= 0.6 is 0 Å². The minimum Gasteiger partial charge on any atom is -0.255 e. The lowest BCUT2D eigenvalue weighted by molar-refractivity contribution is -0.137. The highest BCUT2D eigenvalue weighted by Gasteiger charge is 2.36. The van der Waals surface area contributed by atoms with E-state index in [1.165, 1.54) is 18.5 Å². The fourth-order valence-corrected chi connectivity index (χ4v) is 1.94. The van der Waals surface area contributed by atoms with Gasteiger partial charge in [0.25, 0.3) is 0 Å². The molecule has 3 aromatic rings. The second kappa shape index (κ2) is 5.51. The zero-order chi connectivity index (χ0) is 15.6. The summed E-state index contributed by atoms with van der Waals surface area (Å²) in [7, 11) is 0. The van der Waals surface area contributed by atoms with E-state index in [0.717, 1.165) is 6.07 Å². The third-order valence-corrected chi connectivity index (χ3v) is 2.93. The Kier molecular flexibility index (Phi) is 3.54. The lowest BCUT2D eigenvalue weighted by Crippen LogP contribution is -2.11. The Hall–Kier alpha value is -2.83. The van der Waals surface area contributed by atoms with Crippen LogP contribution in [0.25, 0.3) is 22.8 Å². The van der Waals surface area contributed by atoms with Gasteiger partial charge in [0.1, 0.15) is 11.4 Å². The minimum absolute atomic E-state index is 0.0626. The monoisotopic (exact) mass is 302 g/mol. The van der Waals surface area contributed by atoms with Gasteiger partial charge in [-0.25, -0.2) is 0 Å². The van der Waals surface area contributed by atoms with E-state index in [1.807, 2.05) is 0 Å². The Morgan fingerprint density at radius 2 is 1.36 bits per heavy atom. The molecule has 110 valence electrons. The van der Waals surface area contributed by atoms with Gasteiger partial charge in [-0.1, -0.05) is 12.1 Å². The fraction of sp³-hybridized carbons (Fsp3) is 0.0667. The number of alkyl halides is 3. The molecular weight excluding hydrogens is 293 g/mol. The van der Waals surface area contributed by atoms with Crippen LogP contribution in [0.3, 0.4) is 0 Å². The van der Waals surface area contributed by atoms with Gasteiger partial charge in [-0.2, -0.15) is 13.2 Å². The molecule has 0 amide bonds. The van der Waals surface area contributed by atoms with Gasteiger partial charge in [0.2, 0.25) is 0 Å². The maximum atomic E-state index is 13.3. The van der Waals surface area contributed by atoms with Crippen LogP contribution in [-0.2, 0) is 6.18 Å². The molecule has 0 aromatic carbocycles. The standard InChI is InChI=1S/C15H9F3N4/c16-15(17,18)10-9-13(11-5-1-3-7-19-11)21-22-14(10)12-6-2-4-8-20-12/h1-9H. The van der Waals surface area contributed by atoms with Crippen molar-refractivity contribution in [2.24, 2.45) is 0 Å². The Morgan fingerprint density at radius 1 is 0.727 bits per heavy atom. The van der Waals surface area contributed by atoms with Crippen molar-refractivity contribution in [2.75, 3.05) is 0 Å². The van der Waals surface area contributed by atoms with Crippen molar-refractivity contribution in [3.8, 4) is 22.8 Å². The van der Waals surface area contributed by atoms with Crippen molar-refractivity contribution in [3.63, 3.8) is 0 Å². The maximum Gasteiger partial charge on any atom is 0.418 e. The number of pyridine rings is 2. The van der Waals surface area contributed by atoms with Gasteiger partial charge in [0.05, 0.1) is 17.0 Å². The second-order valence-corrected chi connectivity index (χ2v) is 4.42. The SMILES string of the molecule is FC(F)(F)c1cc(-c2ccccn2)nnc1-c1ccccn1. The molecule has 0 aliphatic carbocycles. The molecule has 0 radical (unpaired) electrons. The normalized spacial score (nSPS) is 11.4. The number of rotatable bonds is 2. The van der Waals surface area contributed by atoms with E-state index < -0.39 is 11.7 Å². The molecule has 0 aliphatic rings. The number of aromatic nitrogens is 4. The lowest BCUT2D eigenvalue weighted by atomic mass is 10.1. The summed E-state index contributed by atoms with van der Waals surface area (Å²) in [6, 6.07) is 10.5. The summed E-state index contributed by atoms with van der Waals surface area (Å²) in [4.78, 5) is 7.90. The predicted molar refractivity (Wildman–Crippen MR) is 73.5 cm³/mol. The van der Waals surface area contributed by atoms with Crippen LogP contribution in [0.1, 0.15) is 5.56 Å². The first-order valence-corrected chi connectivity index (χ1v) is 6.33. The average molecular weight is 302 g/mol. The first-order chi connectivity index (χ1) is 10.6. The summed E-state index contributed by atoms with van der Waals surface area (Å²) in [5.41, 5.74) is -0.676. The smallest absolute Gasteiger partial charge is 0.255 e. The first kappa shape index (κ1) is 14.1. The van der Waals surface area contributed by atoms with Crippen LogP contribution in [0, 0.1) is 0 Å². The zero-order valence-electron chi connectivity index (χ0n) is 11.1. The van der Waals surface area contributed by atoms with Gasteiger partial charge >= 0.3 is 6.18 Å². The molecule has 0 spiro atoms. The number of hydrogen-bond acceptors (Lipinski definition) is 4. The van der Waals surface area contributed by atoms with Gasteiger partial charge < -0.3 is 0 Å². The van der Waals surface area contributed by atoms with E-state index in [1.54, 1.807) is 30.3 Å². The number of halogens is 3. The van der Waals surface area contributed by atoms with Crippen molar-refractivity contribution in [1.82, 2.24) is 20.2 Å². The number of nitrogens with zero attached hydrogens (tertiary/aromatic N) is 4. The molecule has 3 aromatic heterocycles. The Bertz CT molecular complexity index is 774. The van der Waals surface area contributed by atoms with Gasteiger partial charge in [-0.05, 0) is 30.3 Å². The van der Waals surface area contributed by atoms with Crippen LogP contribution in [-0.4, -0.2) is 20.2 Å². The summed E-state index contributed by atoms with van der Waals surface area (Å²) in [5.74, 6) is 0. The molecule has 0 bridgehead atoms. The molecule has 0 saturated heterocycles. The second-order valence-electron chi connectivity index (χ2n) is 4.42. The fourth-order valence-electron chi connectivity index (χ4n) is 1.94. The Labute approximate surface area is 123 Å². The van der Waals surface area contributed by atoms with Crippen molar-refractivity contribution in [2.45, 2.75) is 6.18 Å². The van der Waals surface area contributed by atoms with E-state index in [2.05, 4.69) is 20.2 Å². The van der Waals surface area contributed by atoms with E-state index in [9.17, 15) is 13.2 Å². The summed E-state index contributed by atoms with van der Waals surface area (Å²) in [6.07, 6.45) is -1.67. The zero-order valence-corrected chi connectivity index (χ0v) is 11.1. The largest absolute Gasteiger partial charge is 0.418 e.